The Hall–Kier alpha value is -3.07. The summed E-state index contributed by atoms with van der Waals surface area (Å²) in [4.78, 5) is 27.8. The molecule has 1 atom stereocenters. The number of aromatic nitrogens is 4. The number of hydrogen-bond donors (Lipinski definition) is 1. The molecule has 1 saturated heterocycles. The van der Waals surface area contributed by atoms with Crippen LogP contribution in [-0.2, 0) is 0 Å². The van der Waals surface area contributed by atoms with Crippen LogP contribution in [0.2, 0.25) is 0 Å². The van der Waals surface area contributed by atoms with Crippen LogP contribution in [0.15, 0.2) is 42.7 Å². The SMILES string of the molecule is CCNC(=O)c1cn(-c2ccccc2)nc1C1CCCN(C(=O)c2cnns2)C1. The van der Waals surface area contributed by atoms with Gasteiger partial charge in [0.25, 0.3) is 11.8 Å². The van der Waals surface area contributed by atoms with E-state index in [-0.39, 0.29) is 17.7 Å². The van der Waals surface area contributed by atoms with Crippen molar-refractivity contribution in [2.75, 3.05) is 19.6 Å². The van der Waals surface area contributed by atoms with Gasteiger partial charge in [-0.25, -0.2) is 4.68 Å². The monoisotopic (exact) mass is 410 g/mol. The maximum Gasteiger partial charge on any atom is 0.267 e. The lowest BCUT2D eigenvalue weighted by Crippen LogP contribution is -2.39. The molecule has 9 heteroatoms. The largest absolute Gasteiger partial charge is 0.352 e. The molecule has 1 unspecified atom stereocenters. The number of nitrogens with zero attached hydrogens (tertiary/aromatic N) is 5. The number of para-hydroxylation sites is 1. The highest BCUT2D eigenvalue weighted by atomic mass is 32.1. The van der Waals surface area contributed by atoms with Crippen molar-refractivity contribution in [3.05, 3.63) is 58.9 Å². The summed E-state index contributed by atoms with van der Waals surface area (Å²) < 4.78 is 5.53. The fourth-order valence-corrected chi connectivity index (χ4v) is 4.12. The quantitative estimate of drug-likeness (QED) is 0.698. The van der Waals surface area contributed by atoms with Crippen LogP contribution in [-0.4, -0.2) is 55.7 Å². The lowest BCUT2D eigenvalue weighted by molar-refractivity contribution is 0.0710. The Morgan fingerprint density at radius 2 is 2.10 bits per heavy atom. The first-order chi connectivity index (χ1) is 14.2. The van der Waals surface area contributed by atoms with Crippen LogP contribution < -0.4 is 5.32 Å². The Kier molecular flexibility index (Phi) is 5.66. The van der Waals surface area contributed by atoms with Crippen LogP contribution >= 0.6 is 11.5 Å². The van der Waals surface area contributed by atoms with E-state index in [2.05, 4.69) is 14.9 Å². The summed E-state index contributed by atoms with van der Waals surface area (Å²) in [5.74, 6) is -0.206. The van der Waals surface area contributed by atoms with Gasteiger partial charge in [0.15, 0.2) is 0 Å². The van der Waals surface area contributed by atoms with Crippen molar-refractivity contribution in [3.63, 3.8) is 0 Å². The molecular weight excluding hydrogens is 388 g/mol. The van der Waals surface area contributed by atoms with E-state index in [1.165, 1.54) is 6.20 Å². The molecule has 1 N–H and O–H groups in total. The van der Waals surface area contributed by atoms with Gasteiger partial charge in [-0.1, -0.05) is 22.7 Å². The first kappa shape index (κ1) is 19.3. The average molecular weight is 411 g/mol. The molecule has 0 spiro atoms. The maximum absolute atomic E-state index is 12.7. The molecule has 1 aliphatic heterocycles. The zero-order valence-corrected chi connectivity index (χ0v) is 16.9. The highest BCUT2D eigenvalue weighted by Crippen LogP contribution is 2.30. The standard InChI is InChI=1S/C20H22N6O2S/c1-2-21-19(27)16-13-26(15-8-4-3-5-9-15)23-18(16)14-7-6-10-25(12-14)20(28)17-11-22-24-29-17/h3-5,8-9,11,13-14H,2,6-7,10,12H2,1H3,(H,21,27). The highest BCUT2D eigenvalue weighted by molar-refractivity contribution is 7.07. The molecule has 8 nitrogen and oxygen atoms in total. The second kappa shape index (κ2) is 8.52. The smallest absolute Gasteiger partial charge is 0.267 e. The van der Waals surface area contributed by atoms with Crippen LogP contribution in [0.3, 0.4) is 0 Å². The highest BCUT2D eigenvalue weighted by Gasteiger charge is 2.31. The fraction of sp³-hybridized carbons (Fsp3) is 0.350. The molecule has 0 aliphatic carbocycles. The number of benzene rings is 1. The van der Waals surface area contributed by atoms with E-state index < -0.39 is 0 Å². The summed E-state index contributed by atoms with van der Waals surface area (Å²) in [5.41, 5.74) is 2.19. The third-order valence-electron chi connectivity index (χ3n) is 5.01. The van der Waals surface area contributed by atoms with E-state index in [4.69, 9.17) is 5.10 Å². The minimum absolute atomic E-state index is 0.00357. The zero-order chi connectivity index (χ0) is 20.2. The molecule has 29 heavy (non-hydrogen) atoms. The van der Waals surface area contributed by atoms with Gasteiger partial charge in [-0.15, -0.1) is 5.10 Å². The Morgan fingerprint density at radius 3 is 2.83 bits per heavy atom. The number of amides is 2. The first-order valence-corrected chi connectivity index (χ1v) is 10.4. The van der Waals surface area contributed by atoms with Gasteiger partial charge in [0.2, 0.25) is 0 Å². The molecule has 2 aromatic heterocycles. The molecule has 3 heterocycles. The maximum atomic E-state index is 12.7. The number of piperidine rings is 1. The number of rotatable bonds is 5. The molecule has 150 valence electrons. The van der Waals surface area contributed by atoms with Gasteiger partial charge in [-0.2, -0.15) is 5.10 Å². The Morgan fingerprint density at radius 1 is 1.28 bits per heavy atom. The number of carbonyl (C=O) groups excluding carboxylic acids is 2. The molecule has 3 aromatic rings. The number of hydrogen-bond acceptors (Lipinski definition) is 6. The van der Waals surface area contributed by atoms with Crippen molar-refractivity contribution in [2.24, 2.45) is 0 Å². The van der Waals surface area contributed by atoms with Crippen molar-refractivity contribution in [2.45, 2.75) is 25.7 Å². The molecule has 1 aliphatic rings. The lowest BCUT2D eigenvalue weighted by Gasteiger charge is -2.32. The molecule has 1 fully saturated rings. The van der Waals surface area contributed by atoms with Crippen molar-refractivity contribution in [3.8, 4) is 5.69 Å². The Balaban J connectivity index is 1.64. The van der Waals surface area contributed by atoms with Crippen LogP contribution in [0.5, 0.6) is 0 Å². The molecule has 0 radical (unpaired) electrons. The zero-order valence-electron chi connectivity index (χ0n) is 16.1. The molecule has 2 amide bonds. The van der Waals surface area contributed by atoms with Crippen molar-refractivity contribution >= 4 is 23.3 Å². The molecule has 0 bridgehead atoms. The Labute approximate surface area is 172 Å². The summed E-state index contributed by atoms with van der Waals surface area (Å²) in [6, 6.07) is 9.72. The van der Waals surface area contributed by atoms with Gasteiger partial charge in [0, 0.05) is 31.7 Å². The van der Waals surface area contributed by atoms with Gasteiger partial charge in [0.1, 0.15) is 4.88 Å². The number of likely N-dealkylation sites (tertiary alicyclic amines) is 1. The van der Waals surface area contributed by atoms with Gasteiger partial charge in [-0.05, 0) is 43.4 Å². The summed E-state index contributed by atoms with van der Waals surface area (Å²) in [6.07, 6.45) is 5.02. The predicted octanol–water partition coefficient (Wildman–Crippen LogP) is 2.49. The molecule has 0 saturated carbocycles. The van der Waals surface area contributed by atoms with Gasteiger partial charge >= 0.3 is 0 Å². The van der Waals surface area contributed by atoms with Crippen molar-refractivity contribution in [1.29, 1.82) is 0 Å². The second-order valence-corrected chi connectivity index (χ2v) is 7.73. The third-order valence-corrected chi connectivity index (χ3v) is 5.67. The van der Waals surface area contributed by atoms with E-state index >= 15 is 0 Å². The van der Waals surface area contributed by atoms with Gasteiger partial charge in [-0.3, -0.25) is 9.59 Å². The van der Waals surface area contributed by atoms with Crippen LogP contribution in [0, 0.1) is 0 Å². The fourth-order valence-electron chi connectivity index (χ4n) is 3.63. The van der Waals surface area contributed by atoms with E-state index in [1.54, 1.807) is 10.9 Å². The van der Waals surface area contributed by atoms with Gasteiger partial charge in [0.05, 0.1) is 23.1 Å². The van der Waals surface area contributed by atoms with Crippen LogP contribution in [0.1, 0.15) is 51.4 Å². The van der Waals surface area contributed by atoms with Crippen LogP contribution in [0.4, 0.5) is 0 Å². The van der Waals surface area contributed by atoms with Crippen molar-refractivity contribution < 1.29 is 9.59 Å². The van der Waals surface area contributed by atoms with Gasteiger partial charge < -0.3 is 10.2 Å². The average Bonchev–Trinajstić information content (AvgIpc) is 3.44. The third kappa shape index (κ3) is 4.04. The molecular formula is C20H22N6O2S. The summed E-state index contributed by atoms with van der Waals surface area (Å²) in [7, 11) is 0. The summed E-state index contributed by atoms with van der Waals surface area (Å²) in [5, 5.41) is 11.4. The minimum atomic E-state index is -0.139. The number of nitrogens with one attached hydrogen (secondary N) is 1. The second-order valence-electron chi connectivity index (χ2n) is 6.94. The molecule has 4 rings (SSSR count). The van der Waals surface area contributed by atoms with E-state index in [1.807, 2.05) is 42.2 Å². The van der Waals surface area contributed by atoms with E-state index in [9.17, 15) is 9.59 Å². The summed E-state index contributed by atoms with van der Waals surface area (Å²) >= 11 is 1.10. The van der Waals surface area contributed by atoms with Crippen LogP contribution in [0.25, 0.3) is 5.69 Å². The normalized spacial score (nSPS) is 16.6. The van der Waals surface area contributed by atoms with Crippen molar-refractivity contribution in [1.82, 2.24) is 29.6 Å². The lowest BCUT2D eigenvalue weighted by atomic mass is 9.92. The molecule has 1 aromatic carbocycles. The number of carbonyl (C=O) groups is 2. The van der Waals surface area contributed by atoms with E-state index in [0.29, 0.717) is 30.1 Å². The summed E-state index contributed by atoms with van der Waals surface area (Å²) in [6.45, 7) is 3.64. The predicted molar refractivity (Wildman–Crippen MR) is 109 cm³/mol. The Bertz CT molecular complexity index is 986. The topological polar surface area (TPSA) is 93.0 Å². The minimum Gasteiger partial charge on any atom is -0.352 e. The van der Waals surface area contributed by atoms with E-state index in [0.717, 1.165) is 35.8 Å². The first-order valence-electron chi connectivity index (χ1n) is 9.67.